The molecule has 5 heteroatoms. The molecule has 1 aromatic heterocycles. The largest absolute Gasteiger partial charge is 0.387 e. The number of thiophene rings is 1. The molecular formula is C14H12N2O2S. The molecule has 2 aromatic rings. The molecule has 0 bridgehead atoms. The molecule has 0 fully saturated rings. The lowest BCUT2D eigenvalue weighted by Crippen LogP contribution is -2.28. The first kappa shape index (κ1) is 13.3. The predicted molar refractivity (Wildman–Crippen MR) is 72.8 cm³/mol. The van der Waals surface area contributed by atoms with E-state index in [1.807, 2.05) is 22.9 Å². The van der Waals surface area contributed by atoms with Crippen molar-refractivity contribution in [3.05, 3.63) is 57.8 Å². The van der Waals surface area contributed by atoms with Crippen LogP contribution in [-0.2, 0) is 0 Å². The molecule has 1 heterocycles. The molecule has 4 nitrogen and oxygen atoms in total. The number of carbonyl (C=O) groups excluding carboxylic acids is 1. The summed E-state index contributed by atoms with van der Waals surface area (Å²) in [7, 11) is 0. The summed E-state index contributed by atoms with van der Waals surface area (Å²) in [5.41, 5.74) is 1.77. The van der Waals surface area contributed by atoms with Crippen LogP contribution in [0.4, 0.5) is 0 Å². The zero-order valence-corrected chi connectivity index (χ0v) is 10.9. The van der Waals surface area contributed by atoms with Crippen molar-refractivity contribution in [2.24, 2.45) is 0 Å². The van der Waals surface area contributed by atoms with Gasteiger partial charge in [0.1, 0.15) is 0 Å². The topological polar surface area (TPSA) is 73.1 Å². The van der Waals surface area contributed by atoms with Crippen LogP contribution in [0.3, 0.4) is 0 Å². The van der Waals surface area contributed by atoms with Gasteiger partial charge in [0.2, 0.25) is 0 Å². The molecule has 2 rings (SSSR count). The molecule has 0 saturated heterocycles. The third kappa shape index (κ3) is 3.41. The molecule has 0 radical (unpaired) electrons. The van der Waals surface area contributed by atoms with E-state index < -0.39 is 6.10 Å². The summed E-state index contributed by atoms with van der Waals surface area (Å²) >= 11 is 1.50. The third-order valence-electron chi connectivity index (χ3n) is 2.66. The van der Waals surface area contributed by atoms with E-state index in [4.69, 9.17) is 5.26 Å². The molecule has 1 amide bonds. The predicted octanol–water partition coefficient (Wildman–Crippen LogP) is 2.08. The van der Waals surface area contributed by atoms with Gasteiger partial charge in [-0.1, -0.05) is 0 Å². The normalized spacial score (nSPS) is 11.6. The van der Waals surface area contributed by atoms with Gasteiger partial charge in [-0.25, -0.2) is 0 Å². The summed E-state index contributed by atoms with van der Waals surface area (Å²) in [6.07, 6.45) is -0.700. The Morgan fingerprint density at radius 1 is 1.37 bits per heavy atom. The molecule has 19 heavy (non-hydrogen) atoms. The smallest absolute Gasteiger partial charge is 0.251 e. The SMILES string of the molecule is N#Cc1ccc(C(=O)NCC(O)c2ccsc2)cc1. The van der Waals surface area contributed by atoms with Gasteiger partial charge >= 0.3 is 0 Å². The van der Waals surface area contributed by atoms with Gasteiger partial charge in [0.25, 0.3) is 5.91 Å². The fourth-order valence-electron chi connectivity index (χ4n) is 1.57. The summed E-state index contributed by atoms with van der Waals surface area (Å²) in [6.45, 7) is 0.162. The highest BCUT2D eigenvalue weighted by Gasteiger charge is 2.11. The number of hydrogen-bond acceptors (Lipinski definition) is 4. The van der Waals surface area contributed by atoms with Crippen LogP contribution in [-0.4, -0.2) is 17.6 Å². The lowest BCUT2D eigenvalue weighted by Gasteiger charge is -2.10. The van der Waals surface area contributed by atoms with Gasteiger partial charge in [0.15, 0.2) is 0 Å². The van der Waals surface area contributed by atoms with Crippen LogP contribution < -0.4 is 5.32 Å². The number of aliphatic hydroxyl groups excluding tert-OH is 1. The number of hydrogen-bond donors (Lipinski definition) is 2. The Morgan fingerprint density at radius 3 is 2.68 bits per heavy atom. The Morgan fingerprint density at radius 2 is 2.11 bits per heavy atom. The maximum absolute atomic E-state index is 11.8. The molecule has 0 aliphatic carbocycles. The molecule has 0 aliphatic rings. The minimum atomic E-state index is -0.700. The third-order valence-corrected chi connectivity index (χ3v) is 3.36. The second-order valence-electron chi connectivity index (χ2n) is 3.97. The molecule has 1 unspecified atom stereocenters. The summed E-state index contributed by atoms with van der Waals surface area (Å²) < 4.78 is 0. The summed E-state index contributed by atoms with van der Waals surface area (Å²) in [5.74, 6) is -0.265. The Kier molecular flexibility index (Phi) is 4.29. The van der Waals surface area contributed by atoms with Crippen molar-refractivity contribution in [2.75, 3.05) is 6.54 Å². The van der Waals surface area contributed by atoms with Gasteiger partial charge in [0, 0.05) is 12.1 Å². The molecule has 0 spiro atoms. The monoisotopic (exact) mass is 272 g/mol. The maximum atomic E-state index is 11.8. The number of aliphatic hydroxyl groups is 1. The van der Waals surface area contributed by atoms with E-state index in [-0.39, 0.29) is 12.5 Å². The summed E-state index contributed by atoms with van der Waals surface area (Å²) in [4.78, 5) is 11.8. The average Bonchev–Trinajstić information content (AvgIpc) is 2.98. The average molecular weight is 272 g/mol. The zero-order valence-electron chi connectivity index (χ0n) is 10.0. The van der Waals surface area contributed by atoms with E-state index in [1.165, 1.54) is 11.3 Å². The van der Waals surface area contributed by atoms with Crippen LogP contribution >= 0.6 is 11.3 Å². The van der Waals surface area contributed by atoms with Gasteiger partial charge < -0.3 is 10.4 Å². The standard InChI is InChI=1S/C14H12N2O2S/c15-7-10-1-3-11(4-2-10)14(18)16-8-13(17)12-5-6-19-9-12/h1-6,9,13,17H,8H2,(H,16,18). The van der Waals surface area contributed by atoms with Crippen LogP contribution in [0.2, 0.25) is 0 Å². The van der Waals surface area contributed by atoms with Crippen LogP contribution in [0.15, 0.2) is 41.1 Å². The van der Waals surface area contributed by atoms with E-state index >= 15 is 0 Å². The van der Waals surface area contributed by atoms with Crippen LogP contribution in [0.1, 0.15) is 27.6 Å². The number of rotatable bonds is 4. The van der Waals surface area contributed by atoms with E-state index in [1.54, 1.807) is 24.3 Å². The second-order valence-corrected chi connectivity index (χ2v) is 4.75. The van der Waals surface area contributed by atoms with E-state index in [0.717, 1.165) is 5.56 Å². The first-order chi connectivity index (χ1) is 9.20. The fourth-order valence-corrected chi connectivity index (χ4v) is 2.28. The molecular weight excluding hydrogens is 260 g/mol. The van der Waals surface area contributed by atoms with Crippen molar-refractivity contribution >= 4 is 17.2 Å². The van der Waals surface area contributed by atoms with Gasteiger partial charge in [-0.3, -0.25) is 4.79 Å². The van der Waals surface area contributed by atoms with Gasteiger partial charge in [-0.05, 0) is 46.7 Å². The Labute approximate surface area is 114 Å². The summed E-state index contributed by atoms with van der Waals surface area (Å²) in [6, 6.07) is 10.2. The zero-order chi connectivity index (χ0) is 13.7. The van der Waals surface area contributed by atoms with E-state index in [9.17, 15) is 9.90 Å². The van der Waals surface area contributed by atoms with Crippen molar-refractivity contribution in [2.45, 2.75) is 6.10 Å². The Hall–Kier alpha value is -2.16. The van der Waals surface area contributed by atoms with E-state index in [2.05, 4.69) is 5.32 Å². The Bertz CT molecular complexity index is 585. The molecule has 1 aromatic carbocycles. The maximum Gasteiger partial charge on any atom is 0.251 e. The molecule has 2 N–H and O–H groups in total. The Balaban J connectivity index is 1.92. The number of benzene rings is 1. The van der Waals surface area contributed by atoms with Crippen molar-refractivity contribution in [1.29, 1.82) is 5.26 Å². The van der Waals surface area contributed by atoms with Crippen molar-refractivity contribution in [1.82, 2.24) is 5.32 Å². The first-order valence-corrected chi connectivity index (χ1v) is 6.63. The number of amides is 1. The van der Waals surface area contributed by atoms with Crippen LogP contribution in [0.25, 0.3) is 0 Å². The highest BCUT2D eigenvalue weighted by molar-refractivity contribution is 7.07. The lowest BCUT2D eigenvalue weighted by atomic mass is 10.1. The van der Waals surface area contributed by atoms with Crippen LogP contribution in [0, 0.1) is 11.3 Å². The van der Waals surface area contributed by atoms with Gasteiger partial charge in [0.05, 0.1) is 17.7 Å². The molecule has 0 aliphatic heterocycles. The highest BCUT2D eigenvalue weighted by Crippen LogP contribution is 2.15. The van der Waals surface area contributed by atoms with E-state index in [0.29, 0.717) is 11.1 Å². The number of nitrogens with zero attached hydrogens (tertiary/aromatic N) is 1. The fraction of sp³-hybridized carbons (Fsp3) is 0.143. The number of carbonyl (C=O) groups is 1. The van der Waals surface area contributed by atoms with Crippen LogP contribution in [0.5, 0.6) is 0 Å². The minimum absolute atomic E-state index is 0.162. The quantitative estimate of drug-likeness (QED) is 0.895. The van der Waals surface area contributed by atoms with Gasteiger partial charge in [-0.2, -0.15) is 16.6 Å². The highest BCUT2D eigenvalue weighted by atomic mass is 32.1. The number of nitrogens with one attached hydrogen (secondary N) is 1. The lowest BCUT2D eigenvalue weighted by molar-refractivity contribution is 0.0916. The number of nitriles is 1. The molecule has 1 atom stereocenters. The van der Waals surface area contributed by atoms with Crippen molar-refractivity contribution in [3.8, 4) is 6.07 Å². The van der Waals surface area contributed by atoms with Crippen molar-refractivity contribution < 1.29 is 9.90 Å². The van der Waals surface area contributed by atoms with Crippen molar-refractivity contribution in [3.63, 3.8) is 0 Å². The first-order valence-electron chi connectivity index (χ1n) is 5.69. The van der Waals surface area contributed by atoms with Gasteiger partial charge in [-0.15, -0.1) is 0 Å². The molecule has 0 saturated carbocycles. The minimum Gasteiger partial charge on any atom is -0.387 e. The summed E-state index contributed by atoms with van der Waals surface area (Å²) in [5, 5.41) is 24.9. The second kappa shape index (κ2) is 6.14. The molecule has 96 valence electrons.